The maximum atomic E-state index is 14.5. The van der Waals surface area contributed by atoms with Crippen LogP contribution in [0.1, 0.15) is 59.6 Å². The highest BCUT2D eigenvalue weighted by atomic mass is 35.5. The summed E-state index contributed by atoms with van der Waals surface area (Å²) in [6.07, 6.45) is 0.353. The van der Waals surface area contributed by atoms with E-state index in [1.165, 1.54) is 11.0 Å². The zero-order valence-corrected chi connectivity index (χ0v) is 26.3. The second-order valence-corrected chi connectivity index (χ2v) is 14.3. The van der Waals surface area contributed by atoms with Crippen LogP contribution in [0.25, 0.3) is 0 Å². The highest BCUT2D eigenvalue weighted by Gasteiger charge is 2.48. The van der Waals surface area contributed by atoms with Gasteiger partial charge in [-0.1, -0.05) is 67.9 Å². The fraction of sp³-hybridized carbons (Fsp3) is 0.273. The van der Waals surface area contributed by atoms with Crippen LogP contribution < -0.4 is 15.0 Å². The van der Waals surface area contributed by atoms with E-state index in [4.69, 9.17) is 20.8 Å². The van der Waals surface area contributed by atoms with Crippen molar-refractivity contribution < 1.29 is 27.5 Å². The summed E-state index contributed by atoms with van der Waals surface area (Å²) in [6.45, 7) is 7.31. The first-order valence-electron chi connectivity index (χ1n) is 14.1. The lowest BCUT2D eigenvalue weighted by molar-refractivity contribution is 0.0975. The monoisotopic (exact) mass is 633 g/mol. The van der Waals surface area contributed by atoms with Crippen molar-refractivity contribution in [1.29, 1.82) is 0 Å². The van der Waals surface area contributed by atoms with Gasteiger partial charge in [-0.15, -0.1) is 0 Å². The summed E-state index contributed by atoms with van der Waals surface area (Å²) in [5, 5.41) is 14.4. The van der Waals surface area contributed by atoms with Crippen LogP contribution in [0.15, 0.2) is 81.7 Å². The molecule has 9 nitrogen and oxygen atoms in total. The molecule has 0 radical (unpaired) electrons. The molecule has 3 aromatic carbocycles. The molecule has 0 spiro atoms. The number of oxazole rings is 1. The molecule has 0 fully saturated rings. The Bertz CT molecular complexity index is 1920. The van der Waals surface area contributed by atoms with Crippen LogP contribution in [0.3, 0.4) is 0 Å². The first-order chi connectivity index (χ1) is 20.8. The minimum Gasteiger partial charge on any atom is -0.506 e. The Morgan fingerprint density at radius 2 is 1.89 bits per heavy atom. The third-order valence-electron chi connectivity index (χ3n) is 7.77. The molecule has 44 heavy (non-hydrogen) atoms. The molecule has 4 aromatic rings. The second kappa shape index (κ2) is 11.0. The van der Waals surface area contributed by atoms with Gasteiger partial charge in [0.25, 0.3) is 5.91 Å². The van der Waals surface area contributed by atoms with E-state index in [-0.39, 0.29) is 50.1 Å². The topological polar surface area (TPSA) is 122 Å². The molecule has 3 heterocycles. The van der Waals surface area contributed by atoms with E-state index >= 15 is 0 Å². The average molecular weight is 634 g/mol. The summed E-state index contributed by atoms with van der Waals surface area (Å²) in [4.78, 5) is 20.2. The number of allylic oxidation sites excluding steroid dienone is 1. The van der Waals surface area contributed by atoms with Gasteiger partial charge in [0.2, 0.25) is 0 Å². The summed E-state index contributed by atoms with van der Waals surface area (Å²) < 4.78 is 40.0. The number of fused-ring (bicyclic) bond motifs is 1. The van der Waals surface area contributed by atoms with Crippen molar-refractivity contribution in [2.45, 2.75) is 46.8 Å². The number of aromatic hydroxyl groups is 1. The molecule has 0 saturated carbocycles. The van der Waals surface area contributed by atoms with Crippen LogP contribution >= 0.6 is 11.6 Å². The van der Waals surface area contributed by atoms with E-state index in [0.717, 1.165) is 5.56 Å². The third-order valence-corrected chi connectivity index (χ3v) is 10.4. The summed E-state index contributed by atoms with van der Waals surface area (Å²) in [6, 6.07) is 18.2. The molecule has 1 unspecified atom stereocenters. The number of sulfone groups is 1. The normalized spacial score (nSPS) is 18.6. The van der Waals surface area contributed by atoms with Crippen molar-refractivity contribution in [3.05, 3.63) is 111 Å². The lowest BCUT2D eigenvalue weighted by Gasteiger charge is -2.37. The van der Waals surface area contributed by atoms with Gasteiger partial charge in [0, 0.05) is 17.6 Å². The molecular formula is C33H32ClN3O6S. The third kappa shape index (κ3) is 5.44. The molecule has 1 aromatic heterocycles. The average Bonchev–Trinajstić information content (AvgIpc) is 3.21. The van der Waals surface area contributed by atoms with E-state index in [2.05, 4.69) is 10.3 Å². The van der Waals surface area contributed by atoms with E-state index in [1.54, 1.807) is 44.2 Å². The van der Waals surface area contributed by atoms with Gasteiger partial charge in [0.1, 0.15) is 35.6 Å². The molecule has 0 aliphatic carbocycles. The molecule has 1 atom stereocenters. The molecule has 2 aliphatic heterocycles. The smallest absolute Gasteiger partial charge is 0.281 e. The summed E-state index contributed by atoms with van der Waals surface area (Å²) >= 11 is 6.95. The van der Waals surface area contributed by atoms with Gasteiger partial charge >= 0.3 is 0 Å². The number of anilines is 2. The number of hydrogen-bond donors (Lipinski definition) is 2. The summed E-state index contributed by atoms with van der Waals surface area (Å²) in [7, 11) is -3.96. The van der Waals surface area contributed by atoms with Crippen LogP contribution in [-0.4, -0.2) is 30.2 Å². The minimum atomic E-state index is -3.96. The predicted octanol–water partition coefficient (Wildman–Crippen LogP) is 7.10. The van der Waals surface area contributed by atoms with Gasteiger partial charge in [-0.25, -0.2) is 13.4 Å². The van der Waals surface area contributed by atoms with E-state index in [9.17, 15) is 18.3 Å². The zero-order chi connectivity index (χ0) is 31.4. The molecule has 0 bridgehead atoms. The fourth-order valence-corrected chi connectivity index (χ4v) is 8.64. The van der Waals surface area contributed by atoms with Crippen molar-refractivity contribution in [1.82, 2.24) is 4.98 Å². The number of ether oxygens (including phenoxy) is 1. The molecule has 6 rings (SSSR count). The van der Waals surface area contributed by atoms with Crippen molar-refractivity contribution in [3.8, 4) is 11.5 Å². The number of nitrogens with one attached hydrogen (secondary N) is 1. The number of phenols is 1. The standard InChI is InChI=1S/C33H32ClN3O6S/c1-19-28(35-20(2)43-19)32(39)37-26-11-8-12-27(38)29(26)36-25-16-33(3,4)18-44(40,41)31(25)30(37)23-14-13-22(15-24(23)34)42-17-21-9-6-5-7-10-21/h5-15,30,36,38H,16-18H2,1-4H3. The summed E-state index contributed by atoms with van der Waals surface area (Å²) in [5.74, 6) is 0.165. The number of benzene rings is 3. The quantitative estimate of drug-likeness (QED) is 0.223. The number of amides is 1. The van der Waals surface area contributed by atoms with Gasteiger partial charge in [0.15, 0.2) is 21.4 Å². The molecule has 2 N–H and O–H groups in total. The highest BCUT2D eigenvalue weighted by molar-refractivity contribution is 7.95. The number of aryl methyl sites for hydroxylation is 2. The van der Waals surface area contributed by atoms with Gasteiger partial charge < -0.3 is 19.6 Å². The van der Waals surface area contributed by atoms with Gasteiger partial charge in [-0.3, -0.25) is 9.69 Å². The number of nitrogens with zero attached hydrogens (tertiary/aromatic N) is 2. The predicted molar refractivity (Wildman–Crippen MR) is 169 cm³/mol. The second-order valence-electron chi connectivity index (χ2n) is 11.9. The number of carbonyl (C=O) groups is 1. The van der Waals surface area contributed by atoms with E-state index < -0.39 is 27.2 Å². The molecule has 11 heteroatoms. The molecule has 0 saturated heterocycles. The van der Waals surface area contributed by atoms with Gasteiger partial charge in [-0.2, -0.15) is 0 Å². The largest absolute Gasteiger partial charge is 0.506 e. The first kappa shape index (κ1) is 29.8. The van der Waals surface area contributed by atoms with Crippen LogP contribution in [0.2, 0.25) is 5.02 Å². The molecular weight excluding hydrogens is 602 g/mol. The Kier molecular flexibility index (Phi) is 7.45. The van der Waals surface area contributed by atoms with Crippen LogP contribution in [0.5, 0.6) is 11.5 Å². The lowest BCUT2D eigenvalue weighted by Crippen LogP contribution is -2.41. The van der Waals surface area contributed by atoms with Crippen LogP contribution in [0.4, 0.5) is 11.4 Å². The maximum Gasteiger partial charge on any atom is 0.281 e. The van der Waals surface area contributed by atoms with E-state index in [0.29, 0.717) is 30.0 Å². The molecule has 2 aliphatic rings. The Hall–Kier alpha value is -4.28. The van der Waals surface area contributed by atoms with Gasteiger partial charge in [-0.05, 0) is 54.2 Å². The Morgan fingerprint density at radius 3 is 2.57 bits per heavy atom. The SMILES string of the molecule is Cc1nc(C(=O)N2c3cccc(O)c3NC3=C(C2c2ccc(OCc4ccccc4)cc2Cl)S(=O)(=O)CC(C)(C)C3)c(C)o1. The number of para-hydroxylation sites is 1. The highest BCUT2D eigenvalue weighted by Crippen LogP contribution is 2.52. The Labute approximate surface area is 261 Å². The van der Waals surface area contributed by atoms with Gasteiger partial charge in [0.05, 0.1) is 16.3 Å². The Balaban J connectivity index is 1.57. The molecule has 228 valence electrons. The zero-order valence-electron chi connectivity index (χ0n) is 24.7. The number of hydrogen-bond acceptors (Lipinski definition) is 8. The Morgan fingerprint density at radius 1 is 1.14 bits per heavy atom. The first-order valence-corrected chi connectivity index (χ1v) is 16.2. The lowest BCUT2D eigenvalue weighted by atomic mass is 9.88. The number of aromatic nitrogens is 1. The van der Waals surface area contributed by atoms with Crippen LogP contribution in [0, 0.1) is 19.3 Å². The fourth-order valence-electron chi connectivity index (χ4n) is 6.01. The number of halogens is 1. The number of carbonyl (C=O) groups excluding carboxylic acids is 1. The van der Waals surface area contributed by atoms with E-state index in [1.807, 2.05) is 44.2 Å². The minimum absolute atomic E-state index is 0.0125. The number of phenolic OH excluding ortho intramolecular Hbond substituents is 1. The number of rotatable bonds is 5. The maximum absolute atomic E-state index is 14.5. The van der Waals surface area contributed by atoms with Crippen molar-refractivity contribution in [2.75, 3.05) is 16.0 Å². The van der Waals surface area contributed by atoms with Crippen molar-refractivity contribution in [2.24, 2.45) is 5.41 Å². The van der Waals surface area contributed by atoms with Crippen molar-refractivity contribution >= 4 is 38.7 Å². The van der Waals surface area contributed by atoms with Crippen molar-refractivity contribution in [3.63, 3.8) is 0 Å². The molecule has 1 amide bonds. The van der Waals surface area contributed by atoms with Crippen LogP contribution in [-0.2, 0) is 16.4 Å². The summed E-state index contributed by atoms with van der Waals surface area (Å²) in [5.41, 5.74) is 1.62.